The van der Waals surface area contributed by atoms with Gasteiger partial charge in [0.05, 0.1) is 21.3 Å². The van der Waals surface area contributed by atoms with Gasteiger partial charge in [-0.1, -0.05) is 0 Å². The number of hydrogen-bond acceptors (Lipinski definition) is 8. The first kappa shape index (κ1) is 19.9. The van der Waals surface area contributed by atoms with Crippen molar-refractivity contribution < 1.29 is 19.0 Å². The molecule has 10 nitrogen and oxygen atoms in total. The number of benzene rings is 1. The van der Waals surface area contributed by atoms with E-state index in [1.165, 1.54) is 21.3 Å². The Labute approximate surface area is 167 Å². The number of methoxy groups -OCH3 is 3. The van der Waals surface area contributed by atoms with Gasteiger partial charge in [0.1, 0.15) is 5.82 Å². The van der Waals surface area contributed by atoms with E-state index in [9.17, 15) is 4.79 Å². The normalized spacial score (nSPS) is 10.3. The van der Waals surface area contributed by atoms with Gasteiger partial charge in [-0.3, -0.25) is 4.79 Å². The van der Waals surface area contributed by atoms with Crippen LogP contribution in [-0.2, 0) is 0 Å². The molecule has 0 unspecified atom stereocenters. The molecule has 152 valence electrons. The molecule has 1 amide bonds. The fourth-order valence-electron chi connectivity index (χ4n) is 2.63. The summed E-state index contributed by atoms with van der Waals surface area (Å²) >= 11 is 0. The zero-order valence-electron chi connectivity index (χ0n) is 16.4. The first-order valence-electron chi connectivity index (χ1n) is 8.82. The number of amides is 1. The fourth-order valence-corrected chi connectivity index (χ4v) is 2.63. The van der Waals surface area contributed by atoms with Crippen molar-refractivity contribution in [3.05, 3.63) is 48.3 Å². The molecule has 2 N–H and O–H groups in total. The van der Waals surface area contributed by atoms with Crippen molar-refractivity contribution in [1.29, 1.82) is 0 Å². The second-order valence-electron chi connectivity index (χ2n) is 5.82. The van der Waals surface area contributed by atoms with E-state index in [4.69, 9.17) is 14.2 Å². The highest BCUT2D eigenvalue weighted by atomic mass is 16.5. The maximum absolute atomic E-state index is 12.4. The molecule has 29 heavy (non-hydrogen) atoms. The van der Waals surface area contributed by atoms with Gasteiger partial charge in [-0.25, -0.2) is 4.68 Å². The van der Waals surface area contributed by atoms with E-state index in [0.717, 1.165) is 0 Å². The molecule has 0 spiro atoms. The van der Waals surface area contributed by atoms with Crippen LogP contribution in [0.3, 0.4) is 0 Å². The molecule has 2 heterocycles. The molecule has 0 aliphatic rings. The lowest BCUT2D eigenvalue weighted by molar-refractivity contribution is 0.0954. The van der Waals surface area contributed by atoms with Crippen LogP contribution in [0.5, 0.6) is 17.2 Å². The van der Waals surface area contributed by atoms with Gasteiger partial charge in [0.15, 0.2) is 17.3 Å². The number of nitrogens with one attached hydrogen (secondary N) is 2. The Morgan fingerprint density at radius 2 is 1.79 bits per heavy atom. The molecule has 0 aliphatic heterocycles. The smallest absolute Gasteiger partial charge is 0.251 e. The van der Waals surface area contributed by atoms with E-state index < -0.39 is 0 Å². The molecule has 1 aromatic carbocycles. The zero-order valence-corrected chi connectivity index (χ0v) is 16.4. The van der Waals surface area contributed by atoms with E-state index in [1.807, 2.05) is 6.07 Å². The number of aromatic nitrogens is 4. The lowest BCUT2D eigenvalue weighted by Crippen LogP contribution is -2.29. The van der Waals surface area contributed by atoms with Crippen molar-refractivity contribution in [2.24, 2.45) is 0 Å². The Kier molecular flexibility index (Phi) is 6.46. The lowest BCUT2D eigenvalue weighted by Gasteiger charge is -2.14. The fraction of sp³-hybridized carbons (Fsp3) is 0.263. The number of ether oxygens (including phenoxy) is 3. The highest BCUT2D eigenvalue weighted by Crippen LogP contribution is 2.38. The predicted octanol–water partition coefficient (Wildman–Crippen LogP) is 1.53. The van der Waals surface area contributed by atoms with Crippen LogP contribution in [0, 0.1) is 0 Å². The summed E-state index contributed by atoms with van der Waals surface area (Å²) in [4.78, 5) is 12.4. The molecule has 0 fully saturated rings. The molecule has 0 saturated heterocycles. The lowest BCUT2D eigenvalue weighted by atomic mass is 10.1. The van der Waals surface area contributed by atoms with Crippen molar-refractivity contribution in [3.63, 3.8) is 0 Å². The third-order valence-corrected chi connectivity index (χ3v) is 4.03. The molecular formula is C19H22N6O4. The van der Waals surface area contributed by atoms with Crippen LogP contribution < -0.4 is 24.8 Å². The second kappa shape index (κ2) is 9.40. The molecule has 3 rings (SSSR count). The average molecular weight is 398 g/mol. The van der Waals surface area contributed by atoms with Crippen molar-refractivity contribution in [3.8, 4) is 23.1 Å². The highest BCUT2D eigenvalue weighted by Gasteiger charge is 2.16. The van der Waals surface area contributed by atoms with Crippen molar-refractivity contribution in [1.82, 2.24) is 25.3 Å². The molecule has 0 atom stereocenters. The van der Waals surface area contributed by atoms with Crippen molar-refractivity contribution in [2.75, 3.05) is 39.7 Å². The number of rotatable bonds is 9. The third kappa shape index (κ3) is 4.72. The largest absolute Gasteiger partial charge is 0.493 e. The Bertz CT molecular complexity index is 919. The van der Waals surface area contributed by atoms with Gasteiger partial charge >= 0.3 is 0 Å². The van der Waals surface area contributed by atoms with Gasteiger partial charge in [0.2, 0.25) is 5.75 Å². The number of carbonyl (C=O) groups excluding carboxylic acids is 1. The number of nitrogens with zero attached hydrogens (tertiary/aromatic N) is 4. The van der Waals surface area contributed by atoms with Gasteiger partial charge in [0.25, 0.3) is 5.91 Å². The topological polar surface area (TPSA) is 112 Å². The summed E-state index contributed by atoms with van der Waals surface area (Å²) in [6.07, 6.45) is 3.46. The van der Waals surface area contributed by atoms with Gasteiger partial charge in [-0.2, -0.15) is 5.10 Å². The van der Waals surface area contributed by atoms with E-state index in [0.29, 0.717) is 47.5 Å². The quantitative estimate of drug-likeness (QED) is 0.522. The summed E-state index contributed by atoms with van der Waals surface area (Å²) in [5, 5.41) is 18.2. The van der Waals surface area contributed by atoms with Gasteiger partial charge in [-0.15, -0.1) is 10.2 Å². The summed E-state index contributed by atoms with van der Waals surface area (Å²) in [5.74, 6) is 2.24. The summed E-state index contributed by atoms with van der Waals surface area (Å²) in [5.41, 5.74) is 0.405. The monoisotopic (exact) mass is 398 g/mol. The molecule has 0 radical (unpaired) electrons. The van der Waals surface area contributed by atoms with Gasteiger partial charge in [-0.05, 0) is 30.3 Å². The molecule has 0 saturated carbocycles. The highest BCUT2D eigenvalue weighted by molar-refractivity contribution is 5.95. The van der Waals surface area contributed by atoms with Crippen LogP contribution in [0.4, 0.5) is 5.82 Å². The molecular weight excluding hydrogens is 376 g/mol. The van der Waals surface area contributed by atoms with E-state index in [2.05, 4.69) is 25.9 Å². The summed E-state index contributed by atoms with van der Waals surface area (Å²) < 4.78 is 17.4. The second-order valence-corrected chi connectivity index (χ2v) is 5.82. The summed E-state index contributed by atoms with van der Waals surface area (Å²) in [6, 6.07) is 8.61. The Hall–Kier alpha value is -3.82. The molecule has 2 aromatic heterocycles. The van der Waals surface area contributed by atoms with Crippen LogP contribution in [0.25, 0.3) is 5.82 Å². The average Bonchev–Trinajstić information content (AvgIpc) is 3.30. The van der Waals surface area contributed by atoms with Crippen LogP contribution in [0.1, 0.15) is 10.4 Å². The van der Waals surface area contributed by atoms with E-state index >= 15 is 0 Å². The molecule has 0 aliphatic carbocycles. The minimum Gasteiger partial charge on any atom is -0.493 e. The number of hydrogen-bond donors (Lipinski definition) is 2. The van der Waals surface area contributed by atoms with Gasteiger partial charge in [0, 0.05) is 31.0 Å². The van der Waals surface area contributed by atoms with Crippen LogP contribution >= 0.6 is 0 Å². The van der Waals surface area contributed by atoms with Crippen LogP contribution in [-0.4, -0.2) is 60.3 Å². The van der Waals surface area contributed by atoms with E-state index in [-0.39, 0.29) is 5.91 Å². The zero-order chi connectivity index (χ0) is 20.6. The first-order chi connectivity index (χ1) is 14.2. The first-order valence-corrected chi connectivity index (χ1v) is 8.82. The van der Waals surface area contributed by atoms with Gasteiger partial charge < -0.3 is 24.8 Å². The summed E-state index contributed by atoms with van der Waals surface area (Å²) in [6.45, 7) is 0.865. The SMILES string of the molecule is COc1cc(C(=O)NCCNc2ccc(-n3cccn3)nn2)cc(OC)c1OC. The standard InChI is InChI=1S/C19H22N6O4/c1-27-14-11-13(12-15(28-2)18(14)29-3)19(26)21-9-8-20-16-5-6-17(24-23-16)25-10-4-7-22-25/h4-7,10-12H,8-9H2,1-3H3,(H,20,23)(H,21,26). The van der Waals surface area contributed by atoms with Crippen molar-refractivity contribution in [2.45, 2.75) is 0 Å². The Morgan fingerprint density at radius 1 is 1.03 bits per heavy atom. The van der Waals surface area contributed by atoms with Crippen LogP contribution in [0.2, 0.25) is 0 Å². The maximum Gasteiger partial charge on any atom is 0.251 e. The number of anilines is 1. The third-order valence-electron chi connectivity index (χ3n) is 4.03. The van der Waals surface area contributed by atoms with Crippen LogP contribution in [0.15, 0.2) is 42.7 Å². The maximum atomic E-state index is 12.4. The van der Waals surface area contributed by atoms with Crippen molar-refractivity contribution >= 4 is 11.7 Å². The molecule has 0 bridgehead atoms. The minimum absolute atomic E-state index is 0.258. The minimum atomic E-state index is -0.258. The number of carbonyl (C=O) groups is 1. The Morgan fingerprint density at radius 3 is 2.34 bits per heavy atom. The van der Waals surface area contributed by atoms with E-state index in [1.54, 1.807) is 41.3 Å². The molecule has 3 aromatic rings. The summed E-state index contributed by atoms with van der Waals surface area (Å²) in [7, 11) is 4.51. The predicted molar refractivity (Wildman–Crippen MR) is 106 cm³/mol. The Balaban J connectivity index is 1.53. The molecule has 10 heteroatoms.